The average Bonchev–Trinajstić information content (AvgIpc) is 2.30. The number of hydrogen-bond donors (Lipinski definition) is 2. The van der Waals surface area contributed by atoms with Crippen LogP contribution in [-0.4, -0.2) is 33.7 Å². The number of amides is 1. The van der Waals surface area contributed by atoms with Crippen molar-refractivity contribution in [2.45, 2.75) is 6.92 Å². The van der Waals surface area contributed by atoms with Crippen molar-refractivity contribution in [2.75, 3.05) is 33.1 Å². The zero-order chi connectivity index (χ0) is 12.8. The number of carbonyl (C=O) groups is 1. The second kappa shape index (κ2) is 6.10. The number of methoxy groups -OCH3 is 2. The summed E-state index contributed by atoms with van der Waals surface area (Å²) in [6.07, 6.45) is 0. The van der Waals surface area contributed by atoms with Crippen LogP contribution in [0.1, 0.15) is 5.56 Å². The Morgan fingerprint density at radius 3 is 2.53 bits per heavy atom. The molecule has 0 spiro atoms. The van der Waals surface area contributed by atoms with Gasteiger partial charge in [0.05, 0.1) is 26.5 Å². The fraction of sp³-hybridized carbons (Fsp3) is 0.417. The van der Waals surface area contributed by atoms with E-state index in [-0.39, 0.29) is 12.5 Å². The normalized spacial score (nSPS) is 9.88. The third kappa shape index (κ3) is 3.10. The summed E-state index contributed by atoms with van der Waals surface area (Å²) in [5.41, 5.74) is 1.50. The van der Waals surface area contributed by atoms with Gasteiger partial charge in [0.25, 0.3) is 0 Å². The first-order valence-electron chi connectivity index (χ1n) is 5.30. The standard InChI is InChI=1S/C12H18N2O3/c1-8-10(16-3)6-5-9(12(8)17-4)14-11(15)7-13-2/h5-6,13H,7H2,1-4H3,(H,14,15). The Hall–Kier alpha value is -1.75. The van der Waals surface area contributed by atoms with E-state index in [1.807, 2.05) is 6.92 Å². The smallest absolute Gasteiger partial charge is 0.238 e. The molecule has 1 amide bonds. The van der Waals surface area contributed by atoms with E-state index < -0.39 is 0 Å². The molecule has 0 fully saturated rings. The van der Waals surface area contributed by atoms with Gasteiger partial charge in [0.2, 0.25) is 5.91 Å². The third-order valence-electron chi connectivity index (χ3n) is 2.39. The highest BCUT2D eigenvalue weighted by Gasteiger charge is 2.12. The summed E-state index contributed by atoms with van der Waals surface area (Å²) in [6, 6.07) is 3.56. The van der Waals surface area contributed by atoms with Crippen LogP contribution < -0.4 is 20.1 Å². The summed E-state index contributed by atoms with van der Waals surface area (Å²) in [6.45, 7) is 2.14. The number of nitrogens with one attached hydrogen (secondary N) is 2. The van der Waals surface area contributed by atoms with Crippen LogP contribution in [0.4, 0.5) is 5.69 Å². The van der Waals surface area contributed by atoms with E-state index in [1.165, 1.54) is 0 Å². The molecule has 0 aliphatic heterocycles. The van der Waals surface area contributed by atoms with Crippen LogP contribution in [0.3, 0.4) is 0 Å². The predicted molar refractivity (Wildman–Crippen MR) is 66.8 cm³/mol. The highest BCUT2D eigenvalue weighted by molar-refractivity contribution is 5.94. The molecule has 0 unspecified atom stereocenters. The number of likely N-dealkylation sites (N-methyl/N-ethyl adjacent to an activating group) is 1. The van der Waals surface area contributed by atoms with Crippen LogP contribution in [0.25, 0.3) is 0 Å². The number of benzene rings is 1. The molecule has 0 aromatic heterocycles. The van der Waals surface area contributed by atoms with E-state index >= 15 is 0 Å². The van der Waals surface area contributed by atoms with E-state index in [0.29, 0.717) is 11.4 Å². The molecule has 2 N–H and O–H groups in total. The molecule has 5 nitrogen and oxygen atoms in total. The molecule has 94 valence electrons. The maximum absolute atomic E-state index is 11.5. The maximum Gasteiger partial charge on any atom is 0.238 e. The molecule has 17 heavy (non-hydrogen) atoms. The van der Waals surface area contributed by atoms with Gasteiger partial charge in [0.1, 0.15) is 11.5 Å². The first-order valence-corrected chi connectivity index (χ1v) is 5.30. The van der Waals surface area contributed by atoms with Crippen molar-refractivity contribution in [3.8, 4) is 11.5 Å². The summed E-state index contributed by atoms with van der Waals surface area (Å²) >= 11 is 0. The van der Waals surface area contributed by atoms with Gasteiger partial charge in [-0.15, -0.1) is 0 Å². The van der Waals surface area contributed by atoms with Gasteiger partial charge in [0.15, 0.2) is 0 Å². The van der Waals surface area contributed by atoms with Gasteiger partial charge < -0.3 is 20.1 Å². The highest BCUT2D eigenvalue weighted by Crippen LogP contribution is 2.34. The molecule has 0 saturated carbocycles. The first-order chi connectivity index (χ1) is 8.13. The number of carbonyl (C=O) groups excluding carboxylic acids is 1. The minimum atomic E-state index is -0.115. The molecular formula is C12H18N2O3. The van der Waals surface area contributed by atoms with Crippen molar-refractivity contribution in [2.24, 2.45) is 0 Å². The zero-order valence-corrected chi connectivity index (χ0v) is 10.6. The lowest BCUT2D eigenvalue weighted by Gasteiger charge is -2.15. The molecule has 0 aliphatic carbocycles. The summed E-state index contributed by atoms with van der Waals surface area (Å²) in [4.78, 5) is 11.5. The number of hydrogen-bond acceptors (Lipinski definition) is 4. The largest absolute Gasteiger partial charge is 0.496 e. The fourth-order valence-corrected chi connectivity index (χ4v) is 1.61. The van der Waals surface area contributed by atoms with E-state index in [1.54, 1.807) is 33.4 Å². The summed E-state index contributed by atoms with van der Waals surface area (Å²) in [5, 5.41) is 5.56. The van der Waals surface area contributed by atoms with Gasteiger partial charge in [0, 0.05) is 5.56 Å². The Balaban J connectivity index is 3.00. The van der Waals surface area contributed by atoms with Gasteiger partial charge in [-0.25, -0.2) is 0 Å². The van der Waals surface area contributed by atoms with E-state index in [0.717, 1.165) is 11.3 Å². The Morgan fingerprint density at radius 1 is 1.29 bits per heavy atom. The lowest BCUT2D eigenvalue weighted by molar-refractivity contribution is -0.115. The van der Waals surface area contributed by atoms with E-state index in [4.69, 9.17) is 9.47 Å². The van der Waals surface area contributed by atoms with Gasteiger partial charge in [-0.3, -0.25) is 4.79 Å². The topological polar surface area (TPSA) is 59.6 Å². The maximum atomic E-state index is 11.5. The molecule has 1 aromatic carbocycles. The lowest BCUT2D eigenvalue weighted by Crippen LogP contribution is -2.25. The predicted octanol–water partition coefficient (Wildman–Crippen LogP) is 1.17. The zero-order valence-electron chi connectivity index (χ0n) is 10.6. The Bertz CT molecular complexity index is 405. The monoisotopic (exact) mass is 238 g/mol. The Kier molecular flexibility index (Phi) is 4.78. The quantitative estimate of drug-likeness (QED) is 0.808. The first kappa shape index (κ1) is 13.3. The van der Waals surface area contributed by atoms with Crippen LogP contribution in [0.5, 0.6) is 11.5 Å². The molecular weight excluding hydrogens is 220 g/mol. The second-order valence-corrected chi connectivity index (χ2v) is 3.55. The Morgan fingerprint density at radius 2 is 2.00 bits per heavy atom. The van der Waals surface area contributed by atoms with Crippen LogP contribution in [0, 0.1) is 6.92 Å². The lowest BCUT2D eigenvalue weighted by atomic mass is 10.1. The molecule has 0 aliphatic rings. The molecule has 0 bridgehead atoms. The SMILES string of the molecule is CNCC(=O)Nc1ccc(OC)c(C)c1OC. The second-order valence-electron chi connectivity index (χ2n) is 3.55. The van der Waals surface area contributed by atoms with Gasteiger partial charge in [-0.05, 0) is 26.1 Å². The van der Waals surface area contributed by atoms with Crippen molar-refractivity contribution in [1.29, 1.82) is 0 Å². The molecule has 1 rings (SSSR count). The summed E-state index contributed by atoms with van der Waals surface area (Å²) < 4.78 is 10.5. The molecule has 1 aromatic rings. The minimum absolute atomic E-state index is 0.115. The average molecular weight is 238 g/mol. The van der Waals surface area contributed by atoms with Crippen molar-refractivity contribution < 1.29 is 14.3 Å². The molecule has 5 heteroatoms. The van der Waals surface area contributed by atoms with E-state index in [9.17, 15) is 4.79 Å². The number of ether oxygens (including phenoxy) is 2. The minimum Gasteiger partial charge on any atom is -0.496 e. The fourth-order valence-electron chi connectivity index (χ4n) is 1.61. The van der Waals surface area contributed by atoms with E-state index in [2.05, 4.69) is 10.6 Å². The highest BCUT2D eigenvalue weighted by atomic mass is 16.5. The van der Waals surface area contributed by atoms with Crippen LogP contribution in [0.15, 0.2) is 12.1 Å². The Labute approximate surface area is 101 Å². The molecule has 0 saturated heterocycles. The summed E-state index contributed by atoms with van der Waals surface area (Å²) in [5.74, 6) is 1.23. The van der Waals surface area contributed by atoms with Crippen LogP contribution in [-0.2, 0) is 4.79 Å². The van der Waals surface area contributed by atoms with Crippen molar-refractivity contribution >= 4 is 11.6 Å². The third-order valence-corrected chi connectivity index (χ3v) is 2.39. The van der Waals surface area contributed by atoms with Crippen molar-refractivity contribution in [3.63, 3.8) is 0 Å². The van der Waals surface area contributed by atoms with Crippen LogP contribution in [0.2, 0.25) is 0 Å². The van der Waals surface area contributed by atoms with Crippen molar-refractivity contribution in [3.05, 3.63) is 17.7 Å². The number of rotatable bonds is 5. The summed E-state index contributed by atoms with van der Waals surface area (Å²) in [7, 11) is 4.88. The van der Waals surface area contributed by atoms with Gasteiger partial charge >= 0.3 is 0 Å². The van der Waals surface area contributed by atoms with Crippen molar-refractivity contribution in [1.82, 2.24) is 5.32 Å². The van der Waals surface area contributed by atoms with Gasteiger partial charge in [-0.2, -0.15) is 0 Å². The number of anilines is 1. The van der Waals surface area contributed by atoms with Gasteiger partial charge in [-0.1, -0.05) is 0 Å². The molecule has 0 atom stereocenters. The molecule has 0 radical (unpaired) electrons. The van der Waals surface area contributed by atoms with Crippen LogP contribution >= 0.6 is 0 Å². The molecule has 0 heterocycles.